The van der Waals surface area contributed by atoms with E-state index >= 15 is 0 Å². The zero-order chi connectivity index (χ0) is 20.2. The fraction of sp³-hybridized carbons (Fsp3) is 0.263. The maximum Gasteiger partial charge on any atom is 0.326 e. The van der Waals surface area contributed by atoms with Crippen LogP contribution in [-0.4, -0.2) is 31.4 Å². The quantitative estimate of drug-likeness (QED) is 0.673. The highest BCUT2D eigenvalue weighted by molar-refractivity contribution is 7.92. The SMILES string of the molecule is CCC(NC(=O)c1cc(S(=O)(=O)Nc2ccc(C)cc2)ccc1C)C(=O)O. The van der Waals surface area contributed by atoms with Crippen molar-refractivity contribution in [3.8, 4) is 0 Å². The molecule has 144 valence electrons. The number of aliphatic carboxylic acids is 1. The molecule has 0 saturated heterocycles. The predicted molar refractivity (Wildman–Crippen MR) is 102 cm³/mol. The monoisotopic (exact) mass is 390 g/mol. The van der Waals surface area contributed by atoms with Crippen LogP contribution < -0.4 is 10.0 Å². The van der Waals surface area contributed by atoms with Crippen molar-refractivity contribution < 1.29 is 23.1 Å². The van der Waals surface area contributed by atoms with Crippen LogP contribution in [0.25, 0.3) is 0 Å². The molecule has 8 heteroatoms. The smallest absolute Gasteiger partial charge is 0.326 e. The van der Waals surface area contributed by atoms with Crippen molar-refractivity contribution in [3.63, 3.8) is 0 Å². The first-order valence-corrected chi connectivity index (χ1v) is 9.86. The van der Waals surface area contributed by atoms with Crippen molar-refractivity contribution in [1.29, 1.82) is 0 Å². The number of rotatable bonds is 7. The Labute approximate surface area is 158 Å². The maximum atomic E-state index is 12.6. The van der Waals surface area contributed by atoms with Gasteiger partial charge in [0.25, 0.3) is 15.9 Å². The van der Waals surface area contributed by atoms with E-state index in [0.717, 1.165) is 5.56 Å². The molecular formula is C19H22N2O5S. The number of carbonyl (C=O) groups excluding carboxylic acids is 1. The van der Waals surface area contributed by atoms with E-state index < -0.39 is 27.9 Å². The molecule has 3 N–H and O–H groups in total. The standard InChI is InChI=1S/C19H22N2O5S/c1-4-17(19(23)24)20-18(22)16-11-15(10-7-13(16)3)27(25,26)21-14-8-5-12(2)6-9-14/h5-11,17,21H,4H2,1-3H3,(H,20,22)(H,23,24). The van der Waals surface area contributed by atoms with Gasteiger partial charge in [0, 0.05) is 11.3 Å². The van der Waals surface area contributed by atoms with E-state index in [0.29, 0.717) is 11.3 Å². The Hall–Kier alpha value is -2.87. The van der Waals surface area contributed by atoms with Gasteiger partial charge < -0.3 is 10.4 Å². The minimum absolute atomic E-state index is 0.0813. The van der Waals surface area contributed by atoms with Gasteiger partial charge in [-0.1, -0.05) is 30.7 Å². The second-order valence-corrected chi connectivity index (χ2v) is 7.90. The van der Waals surface area contributed by atoms with Crippen molar-refractivity contribution in [3.05, 3.63) is 59.2 Å². The minimum atomic E-state index is -3.90. The fourth-order valence-corrected chi connectivity index (χ4v) is 3.51. The lowest BCUT2D eigenvalue weighted by Crippen LogP contribution is -2.40. The first kappa shape index (κ1) is 20.4. The number of amides is 1. The lowest BCUT2D eigenvalue weighted by molar-refractivity contribution is -0.139. The first-order chi connectivity index (χ1) is 12.6. The maximum absolute atomic E-state index is 12.6. The Kier molecular flexibility index (Phi) is 6.22. The van der Waals surface area contributed by atoms with Gasteiger partial charge in [0.1, 0.15) is 6.04 Å². The van der Waals surface area contributed by atoms with Gasteiger partial charge in [-0.15, -0.1) is 0 Å². The van der Waals surface area contributed by atoms with Gasteiger partial charge in [-0.2, -0.15) is 0 Å². The fourth-order valence-electron chi connectivity index (χ4n) is 2.42. The highest BCUT2D eigenvalue weighted by Crippen LogP contribution is 2.20. The number of carbonyl (C=O) groups is 2. The van der Waals surface area contributed by atoms with E-state index in [2.05, 4.69) is 10.0 Å². The summed E-state index contributed by atoms with van der Waals surface area (Å²) in [5.41, 5.74) is 2.06. The van der Waals surface area contributed by atoms with Crippen molar-refractivity contribution in [2.75, 3.05) is 4.72 Å². The van der Waals surface area contributed by atoms with Crippen LogP contribution in [0.3, 0.4) is 0 Å². The zero-order valence-corrected chi connectivity index (χ0v) is 16.1. The van der Waals surface area contributed by atoms with Gasteiger partial charge in [-0.3, -0.25) is 9.52 Å². The first-order valence-electron chi connectivity index (χ1n) is 8.38. The number of carboxylic acid groups (broad SMARTS) is 1. The molecule has 0 radical (unpaired) electrons. The van der Waals surface area contributed by atoms with E-state index in [1.807, 2.05) is 6.92 Å². The van der Waals surface area contributed by atoms with Crippen LogP contribution in [0.1, 0.15) is 34.8 Å². The van der Waals surface area contributed by atoms with Crippen LogP contribution >= 0.6 is 0 Å². The largest absolute Gasteiger partial charge is 0.480 e. The van der Waals surface area contributed by atoms with Crippen LogP contribution in [0.5, 0.6) is 0 Å². The Morgan fingerprint density at radius 1 is 1.07 bits per heavy atom. The molecule has 1 unspecified atom stereocenters. The molecule has 0 saturated carbocycles. The lowest BCUT2D eigenvalue weighted by Gasteiger charge is -2.15. The van der Waals surface area contributed by atoms with Crippen LogP contribution in [-0.2, 0) is 14.8 Å². The molecule has 0 bridgehead atoms. The number of carboxylic acids is 1. The number of nitrogens with one attached hydrogen (secondary N) is 2. The summed E-state index contributed by atoms with van der Waals surface area (Å²) in [5.74, 6) is -1.78. The molecule has 0 aromatic heterocycles. The summed E-state index contributed by atoms with van der Waals surface area (Å²) < 4.78 is 27.7. The van der Waals surface area contributed by atoms with Gasteiger partial charge in [0.2, 0.25) is 0 Å². The van der Waals surface area contributed by atoms with Crippen molar-refractivity contribution in [1.82, 2.24) is 5.32 Å². The molecule has 27 heavy (non-hydrogen) atoms. The third kappa shape index (κ3) is 5.07. The number of anilines is 1. The second kappa shape index (κ2) is 8.22. The molecule has 0 aliphatic rings. The third-order valence-electron chi connectivity index (χ3n) is 4.08. The van der Waals surface area contributed by atoms with Crippen molar-refractivity contribution in [2.45, 2.75) is 38.1 Å². The molecule has 0 aliphatic carbocycles. The van der Waals surface area contributed by atoms with E-state index in [4.69, 9.17) is 5.11 Å². The van der Waals surface area contributed by atoms with E-state index in [-0.39, 0.29) is 16.9 Å². The molecule has 0 heterocycles. The van der Waals surface area contributed by atoms with Crippen LogP contribution in [0.4, 0.5) is 5.69 Å². The van der Waals surface area contributed by atoms with E-state index in [9.17, 15) is 18.0 Å². The summed E-state index contributed by atoms with van der Waals surface area (Å²) in [7, 11) is -3.90. The Balaban J connectivity index is 2.31. The molecule has 1 atom stereocenters. The van der Waals surface area contributed by atoms with Crippen LogP contribution in [0.15, 0.2) is 47.4 Å². The van der Waals surface area contributed by atoms with Gasteiger partial charge in [0.15, 0.2) is 0 Å². The summed E-state index contributed by atoms with van der Waals surface area (Å²) in [6.45, 7) is 5.18. The zero-order valence-electron chi connectivity index (χ0n) is 15.3. The second-order valence-electron chi connectivity index (χ2n) is 6.22. The molecule has 2 aromatic carbocycles. The number of sulfonamides is 1. The Bertz CT molecular complexity index is 953. The average Bonchev–Trinajstić information content (AvgIpc) is 2.61. The number of aryl methyl sites for hydroxylation is 2. The van der Waals surface area contributed by atoms with Crippen LogP contribution in [0, 0.1) is 13.8 Å². The van der Waals surface area contributed by atoms with Gasteiger partial charge >= 0.3 is 5.97 Å². The van der Waals surface area contributed by atoms with E-state index in [1.165, 1.54) is 18.2 Å². The van der Waals surface area contributed by atoms with E-state index in [1.54, 1.807) is 38.1 Å². The molecule has 7 nitrogen and oxygen atoms in total. The number of benzene rings is 2. The predicted octanol–water partition coefficient (Wildman–Crippen LogP) is 2.70. The Morgan fingerprint density at radius 3 is 2.26 bits per heavy atom. The minimum Gasteiger partial charge on any atom is -0.480 e. The average molecular weight is 390 g/mol. The summed E-state index contributed by atoms with van der Waals surface area (Å²) in [6.07, 6.45) is 0.215. The van der Waals surface area contributed by atoms with Gasteiger partial charge in [-0.25, -0.2) is 13.2 Å². The van der Waals surface area contributed by atoms with Crippen molar-refractivity contribution >= 4 is 27.6 Å². The molecular weight excluding hydrogens is 368 g/mol. The summed E-state index contributed by atoms with van der Waals surface area (Å²) in [5, 5.41) is 11.5. The summed E-state index contributed by atoms with van der Waals surface area (Å²) in [4.78, 5) is 23.5. The lowest BCUT2D eigenvalue weighted by atomic mass is 10.1. The number of hydrogen-bond donors (Lipinski definition) is 3. The van der Waals surface area contributed by atoms with Gasteiger partial charge in [-0.05, 0) is 50.1 Å². The summed E-state index contributed by atoms with van der Waals surface area (Å²) in [6, 6.07) is 9.97. The highest BCUT2D eigenvalue weighted by atomic mass is 32.2. The molecule has 0 aliphatic heterocycles. The molecule has 0 spiro atoms. The van der Waals surface area contributed by atoms with Crippen LogP contribution in [0.2, 0.25) is 0 Å². The number of hydrogen-bond acceptors (Lipinski definition) is 4. The third-order valence-corrected chi connectivity index (χ3v) is 5.46. The van der Waals surface area contributed by atoms with Crippen molar-refractivity contribution in [2.24, 2.45) is 0 Å². The Morgan fingerprint density at radius 2 is 1.70 bits per heavy atom. The summed E-state index contributed by atoms with van der Waals surface area (Å²) >= 11 is 0. The topological polar surface area (TPSA) is 113 Å². The molecule has 2 rings (SSSR count). The molecule has 2 aromatic rings. The molecule has 0 fully saturated rings. The molecule has 1 amide bonds. The normalized spacial score (nSPS) is 12.3. The van der Waals surface area contributed by atoms with Gasteiger partial charge in [0.05, 0.1) is 4.90 Å². The highest BCUT2D eigenvalue weighted by Gasteiger charge is 2.22.